The second-order valence-corrected chi connectivity index (χ2v) is 5.81. The summed E-state index contributed by atoms with van der Waals surface area (Å²) in [6.07, 6.45) is 2.37. The zero-order chi connectivity index (χ0) is 16.8. The topological polar surface area (TPSA) is 62.2 Å². The van der Waals surface area contributed by atoms with Gasteiger partial charge in [-0.25, -0.2) is 0 Å². The minimum atomic E-state index is -0.119. The zero-order valence-electron chi connectivity index (χ0n) is 13.4. The van der Waals surface area contributed by atoms with Gasteiger partial charge in [0.1, 0.15) is 0 Å². The number of hydrogen-bond acceptors (Lipinski definition) is 3. The minimum Gasteiger partial charge on any atom is -0.396 e. The molecule has 3 aromatic rings. The fourth-order valence-corrected chi connectivity index (χ4v) is 2.77. The first-order valence-corrected chi connectivity index (χ1v) is 8.04. The lowest BCUT2D eigenvalue weighted by molar-refractivity contribution is 0.0941. The van der Waals surface area contributed by atoms with Crippen LogP contribution in [-0.4, -0.2) is 29.1 Å². The number of rotatable bonds is 6. The second kappa shape index (κ2) is 7.70. The van der Waals surface area contributed by atoms with Gasteiger partial charge in [0.05, 0.1) is 0 Å². The Labute approximate surface area is 141 Å². The summed E-state index contributed by atoms with van der Waals surface area (Å²) in [6, 6.07) is 19.2. The molecule has 24 heavy (non-hydrogen) atoms. The molecule has 2 aromatic carbocycles. The number of carbonyl (C=O) groups is 1. The third kappa shape index (κ3) is 3.78. The van der Waals surface area contributed by atoms with E-state index in [1.807, 2.05) is 60.7 Å². The third-order valence-electron chi connectivity index (χ3n) is 4.07. The average Bonchev–Trinajstić information content (AvgIpc) is 2.65. The van der Waals surface area contributed by atoms with E-state index in [1.54, 1.807) is 6.20 Å². The summed E-state index contributed by atoms with van der Waals surface area (Å²) in [4.78, 5) is 16.8. The van der Waals surface area contributed by atoms with Crippen LogP contribution in [0, 0.1) is 5.92 Å². The van der Waals surface area contributed by atoms with Crippen molar-refractivity contribution in [2.24, 2.45) is 5.92 Å². The van der Waals surface area contributed by atoms with E-state index in [2.05, 4.69) is 10.3 Å². The Morgan fingerprint density at radius 2 is 1.83 bits per heavy atom. The number of nitrogens with zero attached hydrogens (tertiary/aromatic N) is 1. The van der Waals surface area contributed by atoms with Crippen LogP contribution in [0.5, 0.6) is 0 Å². The molecule has 0 saturated carbocycles. The van der Waals surface area contributed by atoms with E-state index in [4.69, 9.17) is 0 Å². The molecule has 0 spiro atoms. The molecule has 4 nitrogen and oxygen atoms in total. The van der Waals surface area contributed by atoms with Crippen LogP contribution in [-0.2, 0) is 6.42 Å². The van der Waals surface area contributed by atoms with Crippen LogP contribution in [0.4, 0.5) is 0 Å². The molecule has 0 aliphatic heterocycles. The van der Waals surface area contributed by atoms with E-state index in [1.165, 1.54) is 0 Å². The molecule has 0 saturated heterocycles. The van der Waals surface area contributed by atoms with Crippen molar-refractivity contribution in [1.82, 2.24) is 10.3 Å². The molecule has 1 aromatic heterocycles. The van der Waals surface area contributed by atoms with Crippen molar-refractivity contribution in [3.63, 3.8) is 0 Å². The number of amides is 1. The van der Waals surface area contributed by atoms with Crippen molar-refractivity contribution in [3.8, 4) is 0 Å². The van der Waals surface area contributed by atoms with Gasteiger partial charge in [0.2, 0.25) is 0 Å². The Hall–Kier alpha value is -2.72. The highest BCUT2D eigenvalue weighted by molar-refractivity contribution is 6.06. The standard InChI is InChI=1S/C20H20N2O2/c23-14-15(12-17-8-3-4-11-21-17)13-22-20(24)19-10-5-7-16-6-1-2-9-18(16)19/h1-11,15,23H,12-14H2,(H,22,24). The van der Waals surface area contributed by atoms with Gasteiger partial charge in [0.15, 0.2) is 0 Å². The molecule has 0 aliphatic carbocycles. The smallest absolute Gasteiger partial charge is 0.251 e. The van der Waals surface area contributed by atoms with E-state index in [0.717, 1.165) is 16.5 Å². The Morgan fingerprint density at radius 1 is 1.04 bits per heavy atom. The first-order valence-electron chi connectivity index (χ1n) is 8.04. The van der Waals surface area contributed by atoms with Crippen molar-refractivity contribution in [1.29, 1.82) is 0 Å². The molecule has 1 amide bonds. The number of benzene rings is 2. The van der Waals surface area contributed by atoms with Gasteiger partial charge >= 0.3 is 0 Å². The van der Waals surface area contributed by atoms with Gasteiger partial charge in [-0.1, -0.05) is 42.5 Å². The Balaban J connectivity index is 1.67. The van der Waals surface area contributed by atoms with Gasteiger partial charge in [-0.3, -0.25) is 9.78 Å². The summed E-state index contributed by atoms with van der Waals surface area (Å²) >= 11 is 0. The molecular weight excluding hydrogens is 300 g/mol. The van der Waals surface area contributed by atoms with Crippen molar-refractivity contribution >= 4 is 16.7 Å². The molecule has 3 rings (SSSR count). The van der Waals surface area contributed by atoms with E-state index in [-0.39, 0.29) is 18.4 Å². The number of nitrogens with one attached hydrogen (secondary N) is 1. The van der Waals surface area contributed by atoms with Gasteiger partial charge < -0.3 is 10.4 Å². The maximum absolute atomic E-state index is 12.5. The number of carbonyl (C=O) groups excluding carboxylic acids is 1. The van der Waals surface area contributed by atoms with E-state index in [0.29, 0.717) is 18.5 Å². The fraction of sp³-hybridized carbons (Fsp3) is 0.200. The summed E-state index contributed by atoms with van der Waals surface area (Å²) in [6.45, 7) is 0.418. The molecule has 1 unspecified atom stereocenters. The van der Waals surface area contributed by atoms with Crippen molar-refractivity contribution < 1.29 is 9.90 Å². The summed E-state index contributed by atoms with van der Waals surface area (Å²) in [5.41, 5.74) is 1.57. The first-order chi connectivity index (χ1) is 11.8. The van der Waals surface area contributed by atoms with Gasteiger partial charge in [0, 0.05) is 36.5 Å². The minimum absolute atomic E-state index is 0.00634. The number of fused-ring (bicyclic) bond motifs is 1. The van der Waals surface area contributed by atoms with Crippen LogP contribution in [0.2, 0.25) is 0 Å². The monoisotopic (exact) mass is 320 g/mol. The number of aliphatic hydroxyl groups excluding tert-OH is 1. The predicted molar refractivity (Wildman–Crippen MR) is 94.8 cm³/mol. The molecule has 2 N–H and O–H groups in total. The molecular formula is C20H20N2O2. The van der Waals surface area contributed by atoms with Gasteiger partial charge in [0.25, 0.3) is 5.91 Å². The van der Waals surface area contributed by atoms with Gasteiger partial charge in [-0.15, -0.1) is 0 Å². The molecule has 1 heterocycles. The summed E-state index contributed by atoms with van der Waals surface area (Å²) in [5, 5.41) is 14.5. The zero-order valence-corrected chi connectivity index (χ0v) is 13.4. The quantitative estimate of drug-likeness (QED) is 0.734. The number of hydrogen-bond donors (Lipinski definition) is 2. The Kier molecular flexibility index (Phi) is 5.18. The van der Waals surface area contributed by atoms with E-state index >= 15 is 0 Å². The molecule has 0 aliphatic rings. The number of aliphatic hydroxyl groups is 1. The molecule has 0 radical (unpaired) electrons. The largest absolute Gasteiger partial charge is 0.396 e. The lowest BCUT2D eigenvalue weighted by atomic mass is 10.0. The molecule has 4 heteroatoms. The van der Waals surface area contributed by atoms with Crippen LogP contribution in [0.1, 0.15) is 16.1 Å². The van der Waals surface area contributed by atoms with Crippen LogP contribution in [0.15, 0.2) is 66.9 Å². The SMILES string of the molecule is O=C(NCC(CO)Cc1ccccn1)c1cccc2ccccc12. The fourth-order valence-electron chi connectivity index (χ4n) is 2.77. The lowest BCUT2D eigenvalue weighted by Crippen LogP contribution is -2.32. The van der Waals surface area contributed by atoms with Crippen LogP contribution in [0.3, 0.4) is 0 Å². The molecule has 0 bridgehead atoms. The summed E-state index contributed by atoms with van der Waals surface area (Å²) in [7, 11) is 0. The van der Waals surface area contributed by atoms with Crippen LogP contribution < -0.4 is 5.32 Å². The summed E-state index contributed by atoms with van der Waals surface area (Å²) < 4.78 is 0. The normalized spacial score (nSPS) is 12.0. The highest BCUT2D eigenvalue weighted by atomic mass is 16.3. The Bertz CT molecular complexity index is 813. The number of pyridine rings is 1. The molecule has 122 valence electrons. The van der Waals surface area contributed by atoms with E-state index in [9.17, 15) is 9.90 Å². The summed E-state index contributed by atoms with van der Waals surface area (Å²) in [5.74, 6) is -0.176. The molecule has 0 fully saturated rings. The first kappa shape index (κ1) is 16.1. The lowest BCUT2D eigenvalue weighted by Gasteiger charge is -2.15. The average molecular weight is 320 g/mol. The number of aromatic nitrogens is 1. The maximum Gasteiger partial charge on any atom is 0.251 e. The second-order valence-electron chi connectivity index (χ2n) is 5.81. The third-order valence-corrected chi connectivity index (χ3v) is 4.07. The van der Waals surface area contributed by atoms with Gasteiger partial charge in [-0.05, 0) is 35.4 Å². The van der Waals surface area contributed by atoms with Crippen molar-refractivity contribution in [2.45, 2.75) is 6.42 Å². The van der Waals surface area contributed by atoms with E-state index < -0.39 is 0 Å². The Morgan fingerprint density at radius 3 is 2.62 bits per heavy atom. The molecule has 1 atom stereocenters. The van der Waals surface area contributed by atoms with Crippen molar-refractivity contribution in [3.05, 3.63) is 78.1 Å². The highest BCUT2D eigenvalue weighted by Gasteiger charge is 2.14. The maximum atomic E-state index is 12.5. The van der Waals surface area contributed by atoms with Gasteiger partial charge in [-0.2, -0.15) is 0 Å². The van der Waals surface area contributed by atoms with Crippen LogP contribution >= 0.6 is 0 Å². The van der Waals surface area contributed by atoms with Crippen LogP contribution in [0.25, 0.3) is 10.8 Å². The predicted octanol–water partition coefficient (Wildman–Crippen LogP) is 2.82. The highest BCUT2D eigenvalue weighted by Crippen LogP contribution is 2.18. The van der Waals surface area contributed by atoms with Crippen molar-refractivity contribution in [2.75, 3.05) is 13.2 Å².